The lowest BCUT2D eigenvalue weighted by Gasteiger charge is -2.13. The van der Waals surface area contributed by atoms with Gasteiger partial charge in [0.1, 0.15) is 5.69 Å². The van der Waals surface area contributed by atoms with Crippen LogP contribution in [0.4, 0.5) is 24.5 Å². The van der Waals surface area contributed by atoms with Crippen LogP contribution in [0.5, 0.6) is 0 Å². The molecular formula is C16H14ClF3N4O2S2. The second kappa shape index (κ2) is 9.80. The average molecular weight is 451 g/mol. The highest BCUT2D eigenvalue weighted by Crippen LogP contribution is 2.34. The molecule has 0 unspecified atom stereocenters. The van der Waals surface area contributed by atoms with Crippen molar-refractivity contribution in [3.63, 3.8) is 0 Å². The van der Waals surface area contributed by atoms with Crippen molar-refractivity contribution in [1.82, 2.24) is 10.7 Å². The summed E-state index contributed by atoms with van der Waals surface area (Å²) < 4.78 is 38.1. The van der Waals surface area contributed by atoms with Gasteiger partial charge in [0.05, 0.1) is 10.5 Å². The van der Waals surface area contributed by atoms with Crippen molar-refractivity contribution in [1.29, 1.82) is 0 Å². The molecule has 0 saturated carbocycles. The van der Waals surface area contributed by atoms with Gasteiger partial charge in [-0.2, -0.15) is 13.2 Å². The smallest absolute Gasteiger partial charge is 0.361 e. The van der Waals surface area contributed by atoms with Crippen molar-refractivity contribution in [3.05, 3.63) is 63.2 Å². The summed E-state index contributed by atoms with van der Waals surface area (Å²) in [6, 6.07) is 9.50. The third kappa shape index (κ3) is 6.73. The van der Waals surface area contributed by atoms with Crippen LogP contribution in [-0.4, -0.2) is 22.3 Å². The molecule has 6 nitrogen and oxygen atoms in total. The second-order valence-corrected chi connectivity index (χ2v) is 7.31. The minimum absolute atomic E-state index is 0.141. The van der Waals surface area contributed by atoms with E-state index >= 15 is 0 Å². The molecule has 0 amide bonds. The van der Waals surface area contributed by atoms with Gasteiger partial charge in [0, 0.05) is 28.3 Å². The van der Waals surface area contributed by atoms with Crippen molar-refractivity contribution in [2.24, 2.45) is 0 Å². The Bertz CT molecular complexity index is 851. The van der Waals surface area contributed by atoms with Crippen molar-refractivity contribution in [3.8, 4) is 0 Å². The molecule has 0 aliphatic carbocycles. The standard InChI is InChI=1S/C16H14ClF3N4O2S2/c17-11-2-4-12(5-3-11)28-8-7-21-15(27)23-22-13-6-1-10(16(18,19)20)9-14(13)24(25)26/h1-6,9,22H,7-8H2,(H2,21,23,27). The predicted octanol–water partition coefficient (Wildman–Crippen LogP) is 4.85. The van der Waals surface area contributed by atoms with Gasteiger partial charge in [-0.05, 0) is 48.6 Å². The van der Waals surface area contributed by atoms with E-state index in [-0.39, 0.29) is 10.8 Å². The number of nitrogens with zero attached hydrogens (tertiary/aromatic N) is 1. The monoisotopic (exact) mass is 450 g/mol. The van der Waals surface area contributed by atoms with E-state index in [0.717, 1.165) is 17.0 Å². The SMILES string of the molecule is O=[N+]([O-])c1cc(C(F)(F)F)ccc1NNC(=S)NCCSc1ccc(Cl)cc1. The van der Waals surface area contributed by atoms with Gasteiger partial charge in [-0.25, -0.2) is 0 Å². The lowest BCUT2D eigenvalue weighted by molar-refractivity contribution is -0.384. The van der Waals surface area contributed by atoms with E-state index in [1.807, 2.05) is 12.1 Å². The van der Waals surface area contributed by atoms with Gasteiger partial charge >= 0.3 is 6.18 Å². The Labute approximate surface area is 173 Å². The number of thioether (sulfide) groups is 1. The third-order valence-electron chi connectivity index (χ3n) is 3.30. The van der Waals surface area contributed by atoms with Crippen LogP contribution in [0.2, 0.25) is 5.02 Å². The van der Waals surface area contributed by atoms with Crippen LogP contribution in [0.25, 0.3) is 0 Å². The topological polar surface area (TPSA) is 79.2 Å². The van der Waals surface area contributed by atoms with Crippen LogP contribution in [-0.2, 0) is 6.18 Å². The number of rotatable bonds is 7. The number of thiocarbonyl (C=S) groups is 1. The Morgan fingerprint density at radius 2 is 1.89 bits per heavy atom. The molecule has 28 heavy (non-hydrogen) atoms. The summed E-state index contributed by atoms with van der Waals surface area (Å²) >= 11 is 12.4. The van der Waals surface area contributed by atoms with E-state index in [9.17, 15) is 23.3 Å². The largest absolute Gasteiger partial charge is 0.416 e. The van der Waals surface area contributed by atoms with Gasteiger partial charge in [0.25, 0.3) is 5.69 Å². The van der Waals surface area contributed by atoms with Gasteiger partial charge in [0.15, 0.2) is 5.11 Å². The second-order valence-electron chi connectivity index (χ2n) is 5.30. The Kier molecular flexibility index (Phi) is 7.72. The highest BCUT2D eigenvalue weighted by Gasteiger charge is 2.33. The average Bonchev–Trinajstić information content (AvgIpc) is 2.64. The molecule has 0 radical (unpaired) electrons. The molecule has 0 saturated heterocycles. The van der Waals surface area contributed by atoms with E-state index in [4.69, 9.17) is 23.8 Å². The fraction of sp³-hybridized carbons (Fsp3) is 0.188. The number of nitro benzene ring substituents is 1. The zero-order valence-electron chi connectivity index (χ0n) is 14.0. The number of benzene rings is 2. The summed E-state index contributed by atoms with van der Waals surface area (Å²) in [6.07, 6.45) is -4.67. The summed E-state index contributed by atoms with van der Waals surface area (Å²) in [5.74, 6) is 0.684. The first-order valence-corrected chi connectivity index (χ1v) is 9.48. The third-order valence-corrected chi connectivity index (χ3v) is 4.81. The highest BCUT2D eigenvalue weighted by molar-refractivity contribution is 7.99. The molecular weight excluding hydrogens is 437 g/mol. The van der Waals surface area contributed by atoms with E-state index in [1.54, 1.807) is 23.9 Å². The minimum atomic E-state index is -4.67. The maximum absolute atomic E-state index is 12.7. The zero-order valence-corrected chi connectivity index (χ0v) is 16.4. The highest BCUT2D eigenvalue weighted by atomic mass is 35.5. The summed E-state index contributed by atoms with van der Waals surface area (Å²) in [4.78, 5) is 11.2. The molecule has 2 aromatic rings. The summed E-state index contributed by atoms with van der Waals surface area (Å²) in [5, 5.41) is 14.7. The number of hydrazine groups is 1. The van der Waals surface area contributed by atoms with Gasteiger partial charge < -0.3 is 5.32 Å². The van der Waals surface area contributed by atoms with Crippen LogP contribution in [0, 0.1) is 10.1 Å². The van der Waals surface area contributed by atoms with Crippen LogP contribution in [0.3, 0.4) is 0 Å². The molecule has 2 aromatic carbocycles. The molecule has 0 aliphatic rings. The van der Waals surface area contributed by atoms with E-state index < -0.39 is 22.4 Å². The molecule has 0 bridgehead atoms. The molecule has 0 aliphatic heterocycles. The van der Waals surface area contributed by atoms with Crippen molar-refractivity contribution in [2.75, 3.05) is 17.7 Å². The lowest BCUT2D eigenvalue weighted by atomic mass is 10.1. The number of nitro groups is 1. The van der Waals surface area contributed by atoms with Gasteiger partial charge in [-0.1, -0.05) is 11.6 Å². The van der Waals surface area contributed by atoms with E-state index in [1.165, 1.54) is 0 Å². The number of hydrogen-bond donors (Lipinski definition) is 3. The first kappa shape index (κ1) is 22.1. The van der Waals surface area contributed by atoms with Gasteiger partial charge in [0.2, 0.25) is 0 Å². The Morgan fingerprint density at radius 3 is 2.50 bits per heavy atom. The molecule has 0 aromatic heterocycles. The molecule has 0 heterocycles. The van der Waals surface area contributed by atoms with Gasteiger partial charge in [-0.3, -0.25) is 21.0 Å². The van der Waals surface area contributed by atoms with Gasteiger partial charge in [-0.15, -0.1) is 11.8 Å². The number of alkyl halides is 3. The van der Waals surface area contributed by atoms with Crippen LogP contribution in [0.1, 0.15) is 5.56 Å². The molecule has 2 rings (SSSR count). The quantitative estimate of drug-likeness (QED) is 0.183. The summed E-state index contributed by atoms with van der Waals surface area (Å²) in [7, 11) is 0. The number of anilines is 1. The first-order valence-electron chi connectivity index (χ1n) is 7.70. The summed E-state index contributed by atoms with van der Waals surface area (Å²) in [5.41, 5.74) is 3.00. The molecule has 3 N–H and O–H groups in total. The Balaban J connectivity index is 1.83. The molecule has 0 spiro atoms. The van der Waals surface area contributed by atoms with Crippen molar-refractivity contribution < 1.29 is 18.1 Å². The van der Waals surface area contributed by atoms with E-state index in [0.29, 0.717) is 23.4 Å². The maximum Gasteiger partial charge on any atom is 0.416 e. The number of halogens is 4. The molecule has 0 fully saturated rings. The first-order chi connectivity index (χ1) is 13.2. The molecule has 0 atom stereocenters. The van der Waals surface area contributed by atoms with Crippen LogP contribution < -0.4 is 16.2 Å². The maximum atomic E-state index is 12.7. The molecule has 150 valence electrons. The predicted molar refractivity (Wildman–Crippen MR) is 108 cm³/mol. The Hall–Kier alpha value is -2.24. The fourth-order valence-corrected chi connectivity index (χ4v) is 3.04. The lowest BCUT2D eigenvalue weighted by Crippen LogP contribution is -2.39. The molecule has 12 heteroatoms. The number of nitrogens with one attached hydrogen (secondary N) is 3. The normalized spacial score (nSPS) is 11.0. The fourth-order valence-electron chi connectivity index (χ4n) is 2.00. The Morgan fingerprint density at radius 1 is 1.21 bits per heavy atom. The number of hydrogen-bond acceptors (Lipinski definition) is 5. The van der Waals surface area contributed by atoms with Crippen molar-refractivity contribution in [2.45, 2.75) is 11.1 Å². The van der Waals surface area contributed by atoms with Crippen molar-refractivity contribution >= 4 is 52.1 Å². The summed E-state index contributed by atoms with van der Waals surface area (Å²) in [6.45, 7) is 0.496. The van der Waals surface area contributed by atoms with E-state index in [2.05, 4.69) is 16.2 Å². The zero-order chi connectivity index (χ0) is 20.7. The van der Waals surface area contributed by atoms with Crippen LogP contribution >= 0.6 is 35.6 Å². The minimum Gasteiger partial charge on any atom is -0.361 e. The van der Waals surface area contributed by atoms with Crippen LogP contribution in [0.15, 0.2) is 47.4 Å².